The highest BCUT2D eigenvalue weighted by Crippen LogP contribution is 2.34. The normalized spacial score (nSPS) is 13.0. The first-order valence-electron chi connectivity index (χ1n) is 11.8. The molecule has 0 aliphatic heterocycles. The van der Waals surface area contributed by atoms with Crippen molar-refractivity contribution in [2.45, 2.75) is 26.2 Å². The van der Waals surface area contributed by atoms with Crippen LogP contribution >= 0.6 is 0 Å². The molecule has 1 aliphatic rings. The highest BCUT2D eigenvalue weighted by atomic mass is 15.2. The summed E-state index contributed by atoms with van der Waals surface area (Å²) in [6, 6.07) is 8.37. The molecule has 1 aliphatic carbocycles. The number of H-pyrrole nitrogens is 2. The molecule has 5 heterocycles. The van der Waals surface area contributed by atoms with Crippen LogP contribution in [0.4, 0.5) is 5.69 Å². The van der Waals surface area contributed by atoms with Gasteiger partial charge in [-0.05, 0) is 48.2 Å². The van der Waals surface area contributed by atoms with Crippen LogP contribution in [0, 0.1) is 0 Å². The van der Waals surface area contributed by atoms with Crippen LogP contribution in [-0.2, 0) is 0 Å². The highest BCUT2D eigenvalue weighted by Gasteiger charge is 2.16. The summed E-state index contributed by atoms with van der Waals surface area (Å²) in [4.78, 5) is 17.0. The molecule has 7 nitrogen and oxygen atoms in total. The molecule has 0 fully saturated rings. The first-order valence-corrected chi connectivity index (χ1v) is 11.8. The number of fused-ring (bicyclic) bond motifs is 2. The van der Waals surface area contributed by atoms with Gasteiger partial charge < -0.3 is 10.3 Å². The number of anilines is 1. The molecule has 0 saturated carbocycles. The highest BCUT2D eigenvalue weighted by molar-refractivity contribution is 5.99. The average Bonchev–Trinajstić information content (AvgIpc) is 3.63. The van der Waals surface area contributed by atoms with Gasteiger partial charge in [-0.25, -0.2) is 9.97 Å². The van der Waals surface area contributed by atoms with Gasteiger partial charge in [-0.1, -0.05) is 38.2 Å². The molecule has 7 heteroatoms. The second-order valence-electron chi connectivity index (χ2n) is 8.74. The third-order valence-electron chi connectivity index (χ3n) is 6.24. The van der Waals surface area contributed by atoms with Gasteiger partial charge in [0.25, 0.3) is 0 Å². The topological polar surface area (TPSA) is 95.2 Å². The lowest BCUT2D eigenvalue weighted by atomic mass is 10.0. The number of aromatic amines is 2. The Balaban J connectivity index is 1.40. The lowest BCUT2D eigenvalue weighted by molar-refractivity contribution is 0.913. The van der Waals surface area contributed by atoms with E-state index in [0.717, 1.165) is 69.6 Å². The fourth-order valence-corrected chi connectivity index (χ4v) is 4.57. The molecular formula is C28H25N7. The van der Waals surface area contributed by atoms with Gasteiger partial charge in [0.2, 0.25) is 0 Å². The maximum Gasteiger partial charge on any atom is 0.181 e. The molecule has 0 atom stereocenters. The van der Waals surface area contributed by atoms with E-state index in [1.165, 1.54) is 11.1 Å². The Bertz CT molecular complexity index is 1630. The van der Waals surface area contributed by atoms with Crippen molar-refractivity contribution in [2.75, 3.05) is 5.32 Å². The van der Waals surface area contributed by atoms with Gasteiger partial charge in [0.1, 0.15) is 5.65 Å². The summed E-state index contributed by atoms with van der Waals surface area (Å²) in [6.07, 6.45) is 16.8. The molecular weight excluding hydrogens is 434 g/mol. The summed E-state index contributed by atoms with van der Waals surface area (Å²) in [5.41, 5.74) is 9.55. The van der Waals surface area contributed by atoms with Crippen molar-refractivity contribution in [3.63, 3.8) is 0 Å². The van der Waals surface area contributed by atoms with Crippen LogP contribution in [0.15, 0.2) is 79.6 Å². The molecule has 0 saturated heterocycles. The largest absolute Gasteiger partial charge is 0.358 e. The van der Waals surface area contributed by atoms with Crippen LogP contribution in [0.5, 0.6) is 0 Å². The second-order valence-corrected chi connectivity index (χ2v) is 8.74. The lowest BCUT2D eigenvalue weighted by Crippen LogP contribution is -1.98. The number of hydrogen-bond donors (Lipinski definition) is 3. The van der Waals surface area contributed by atoms with Crippen LogP contribution in [0.1, 0.15) is 31.7 Å². The van der Waals surface area contributed by atoms with Crippen molar-refractivity contribution in [1.82, 2.24) is 30.1 Å². The molecule has 0 spiro atoms. The van der Waals surface area contributed by atoms with Crippen molar-refractivity contribution < 1.29 is 0 Å². The Kier molecular flexibility index (Phi) is 5.22. The fourth-order valence-electron chi connectivity index (χ4n) is 4.57. The number of rotatable bonds is 7. The maximum absolute atomic E-state index is 4.60. The number of allylic oxidation sites excluding steroid dienone is 5. The van der Waals surface area contributed by atoms with E-state index in [4.69, 9.17) is 0 Å². The number of pyridine rings is 3. The summed E-state index contributed by atoms with van der Waals surface area (Å²) in [5, 5.41) is 13.0. The van der Waals surface area contributed by atoms with Crippen LogP contribution in [-0.4, -0.2) is 30.1 Å². The van der Waals surface area contributed by atoms with Crippen LogP contribution in [0.25, 0.3) is 50.2 Å². The predicted molar refractivity (Wildman–Crippen MR) is 142 cm³/mol. The first kappa shape index (κ1) is 21.0. The minimum atomic E-state index is 0.663. The van der Waals surface area contributed by atoms with E-state index < -0.39 is 0 Å². The Hall–Kier alpha value is -4.52. The van der Waals surface area contributed by atoms with Crippen molar-refractivity contribution >= 4 is 33.3 Å². The monoisotopic (exact) mass is 459 g/mol. The summed E-state index contributed by atoms with van der Waals surface area (Å²) in [6.45, 7) is 6.23. The predicted octanol–water partition coefficient (Wildman–Crippen LogP) is 6.63. The number of nitrogens with one attached hydrogen (secondary N) is 3. The van der Waals surface area contributed by atoms with Crippen LogP contribution in [0.3, 0.4) is 0 Å². The van der Waals surface area contributed by atoms with Gasteiger partial charge in [0.05, 0.1) is 23.3 Å². The summed E-state index contributed by atoms with van der Waals surface area (Å²) in [5.74, 6) is 0. The summed E-state index contributed by atoms with van der Waals surface area (Å²) < 4.78 is 0. The zero-order chi connectivity index (χ0) is 23.8. The van der Waals surface area contributed by atoms with Crippen LogP contribution < -0.4 is 5.32 Å². The molecule has 0 bridgehead atoms. The summed E-state index contributed by atoms with van der Waals surface area (Å²) >= 11 is 0. The van der Waals surface area contributed by atoms with Crippen molar-refractivity contribution in [1.29, 1.82) is 0 Å². The van der Waals surface area contributed by atoms with E-state index in [-0.39, 0.29) is 0 Å². The smallest absolute Gasteiger partial charge is 0.181 e. The third kappa shape index (κ3) is 3.91. The maximum atomic E-state index is 4.60. The van der Waals surface area contributed by atoms with Gasteiger partial charge >= 0.3 is 0 Å². The van der Waals surface area contributed by atoms with Gasteiger partial charge in [-0.3, -0.25) is 10.1 Å². The molecule has 5 aromatic rings. The number of hydrogen-bond acceptors (Lipinski definition) is 5. The van der Waals surface area contributed by atoms with Crippen molar-refractivity contribution in [2.24, 2.45) is 0 Å². The second kappa shape index (κ2) is 8.68. The Labute approximate surface area is 202 Å². The zero-order valence-corrected chi connectivity index (χ0v) is 19.5. The van der Waals surface area contributed by atoms with Crippen LogP contribution in [0.2, 0.25) is 0 Å². The van der Waals surface area contributed by atoms with E-state index in [1.807, 2.05) is 24.8 Å². The standard InChI is InChI=1S/C28H25N7/c1-3-6-17(2)32-21-11-19(14-29-16-21)20-12-24-26(34-35-28(24)31-15-20)25-13-23-22(18-7-4-5-8-18)9-10-30-27(23)33-25/h4,7-16,32H,2-3,5-6H2,1H3,(H,30,33)(H,31,34,35). The van der Waals surface area contributed by atoms with E-state index in [9.17, 15) is 0 Å². The molecule has 0 unspecified atom stereocenters. The van der Waals surface area contributed by atoms with Gasteiger partial charge in [0.15, 0.2) is 5.65 Å². The minimum Gasteiger partial charge on any atom is -0.358 e. The van der Waals surface area contributed by atoms with E-state index in [2.05, 4.69) is 91.4 Å². The molecule has 0 radical (unpaired) electrons. The Morgan fingerprint density at radius 1 is 1.09 bits per heavy atom. The first-order chi connectivity index (χ1) is 17.2. The lowest BCUT2D eigenvalue weighted by Gasteiger charge is -2.09. The Morgan fingerprint density at radius 3 is 2.86 bits per heavy atom. The van der Waals surface area contributed by atoms with E-state index >= 15 is 0 Å². The Morgan fingerprint density at radius 2 is 2.00 bits per heavy atom. The molecule has 6 rings (SSSR count). The molecule has 0 amide bonds. The summed E-state index contributed by atoms with van der Waals surface area (Å²) in [7, 11) is 0. The molecule has 35 heavy (non-hydrogen) atoms. The SMILES string of the molecule is C=C(CCC)Nc1cncc(-c2cnc3n[nH]c(-c4cc5c(C6=CCC=C6)ccnc5[nH]4)c3c2)c1. The fraction of sp³-hybridized carbons (Fsp3) is 0.143. The van der Waals surface area contributed by atoms with Gasteiger partial charge in [0, 0.05) is 46.2 Å². The minimum absolute atomic E-state index is 0.663. The van der Waals surface area contributed by atoms with Crippen molar-refractivity contribution in [3.8, 4) is 22.5 Å². The van der Waals surface area contributed by atoms with Crippen molar-refractivity contribution in [3.05, 3.63) is 85.1 Å². The van der Waals surface area contributed by atoms with Gasteiger partial charge in [-0.2, -0.15) is 5.10 Å². The average molecular weight is 460 g/mol. The quantitative estimate of drug-likeness (QED) is 0.254. The molecule has 172 valence electrons. The third-order valence-corrected chi connectivity index (χ3v) is 6.24. The van der Waals surface area contributed by atoms with E-state index in [1.54, 1.807) is 0 Å². The molecule has 0 aromatic carbocycles. The van der Waals surface area contributed by atoms with E-state index in [0.29, 0.717) is 5.65 Å². The molecule has 5 aromatic heterocycles. The van der Waals surface area contributed by atoms with Gasteiger partial charge in [-0.15, -0.1) is 0 Å². The zero-order valence-electron chi connectivity index (χ0n) is 19.5. The number of nitrogens with zero attached hydrogens (tertiary/aromatic N) is 4. The number of aromatic nitrogens is 6. The molecule has 3 N–H and O–H groups in total.